The van der Waals surface area contributed by atoms with Crippen molar-refractivity contribution in [3.05, 3.63) is 59.4 Å². The molecule has 0 saturated heterocycles. The molecule has 0 bridgehead atoms. The van der Waals surface area contributed by atoms with Crippen LogP contribution in [-0.4, -0.2) is 28.3 Å². The van der Waals surface area contributed by atoms with Crippen molar-refractivity contribution in [2.45, 2.75) is 74.1 Å². The molecule has 0 aromatic heterocycles. The summed E-state index contributed by atoms with van der Waals surface area (Å²) in [6.07, 6.45) is -4.83. The van der Waals surface area contributed by atoms with Crippen LogP contribution in [0, 0.1) is 5.82 Å². The van der Waals surface area contributed by atoms with Gasteiger partial charge >= 0.3 is 18.2 Å². The standard InChI is InChI=1S/C24H27F4NO4S/c1-22(2,3)33-21(32)29-23(4,20(30)31)12-6-7-15-10-11-18(14-19(15)25)34-17-9-5-8-16(13-17)24(26,27)28/h5,8-11,13-14H,6-7,12H2,1-4H3,(H,29,32)(H,30,31). The number of hydrogen-bond acceptors (Lipinski definition) is 4. The molecule has 0 radical (unpaired) electrons. The van der Waals surface area contributed by atoms with Crippen molar-refractivity contribution in [1.29, 1.82) is 0 Å². The Bertz CT molecular complexity index is 1040. The minimum Gasteiger partial charge on any atom is -0.480 e. The molecule has 5 nitrogen and oxygen atoms in total. The summed E-state index contributed by atoms with van der Waals surface area (Å²) in [6, 6.07) is 9.12. The molecule has 0 spiro atoms. The summed E-state index contributed by atoms with van der Waals surface area (Å²) in [5.74, 6) is -1.79. The molecule has 2 aromatic rings. The lowest BCUT2D eigenvalue weighted by molar-refractivity contribution is -0.144. The molecule has 2 aromatic carbocycles. The quantitative estimate of drug-likeness (QED) is 0.395. The van der Waals surface area contributed by atoms with Crippen molar-refractivity contribution >= 4 is 23.8 Å². The Morgan fingerprint density at radius 1 is 1.03 bits per heavy atom. The lowest BCUT2D eigenvalue weighted by atomic mass is 9.93. The van der Waals surface area contributed by atoms with Gasteiger partial charge in [0.2, 0.25) is 0 Å². The van der Waals surface area contributed by atoms with Crippen LogP contribution in [0.1, 0.15) is 51.7 Å². The van der Waals surface area contributed by atoms with Gasteiger partial charge in [0.15, 0.2) is 0 Å². The van der Waals surface area contributed by atoms with Gasteiger partial charge in [-0.05, 0) is 82.9 Å². The highest BCUT2D eigenvalue weighted by molar-refractivity contribution is 7.99. The van der Waals surface area contributed by atoms with Crippen LogP contribution in [0.15, 0.2) is 52.3 Å². The number of aryl methyl sites for hydroxylation is 1. The Morgan fingerprint density at radius 2 is 1.68 bits per heavy atom. The maximum atomic E-state index is 14.6. The van der Waals surface area contributed by atoms with E-state index < -0.39 is 40.8 Å². The van der Waals surface area contributed by atoms with Crippen molar-refractivity contribution in [3.63, 3.8) is 0 Å². The number of benzene rings is 2. The highest BCUT2D eigenvalue weighted by Gasteiger charge is 2.36. The first-order valence-electron chi connectivity index (χ1n) is 10.5. The van der Waals surface area contributed by atoms with Crippen LogP contribution in [0.25, 0.3) is 0 Å². The Hall–Kier alpha value is -2.75. The third kappa shape index (κ3) is 8.23. The lowest BCUT2D eigenvalue weighted by Crippen LogP contribution is -2.53. The number of carboxylic acids is 1. The van der Waals surface area contributed by atoms with Gasteiger partial charge in [0.05, 0.1) is 5.56 Å². The second-order valence-corrected chi connectivity index (χ2v) is 10.1. The van der Waals surface area contributed by atoms with Crippen LogP contribution in [0.5, 0.6) is 0 Å². The zero-order valence-electron chi connectivity index (χ0n) is 19.3. The van der Waals surface area contributed by atoms with Crippen molar-refractivity contribution < 1.29 is 37.0 Å². The van der Waals surface area contributed by atoms with Gasteiger partial charge in [-0.1, -0.05) is 23.9 Å². The first-order valence-corrected chi connectivity index (χ1v) is 11.3. The predicted molar refractivity (Wildman–Crippen MR) is 120 cm³/mol. The number of halogens is 4. The zero-order chi connectivity index (χ0) is 25.7. The molecular formula is C24H27F4NO4S. The molecule has 0 aliphatic rings. The van der Waals surface area contributed by atoms with Gasteiger partial charge in [-0.3, -0.25) is 0 Å². The number of alkyl carbamates (subject to hydrolysis) is 1. The fourth-order valence-electron chi connectivity index (χ4n) is 3.05. The molecule has 0 fully saturated rings. The summed E-state index contributed by atoms with van der Waals surface area (Å²) < 4.78 is 58.4. The highest BCUT2D eigenvalue weighted by Crippen LogP contribution is 2.35. The summed E-state index contributed by atoms with van der Waals surface area (Å²) in [5, 5.41) is 11.9. The van der Waals surface area contributed by atoms with E-state index in [0.29, 0.717) is 15.4 Å². The number of ether oxygens (including phenoxy) is 1. The monoisotopic (exact) mass is 501 g/mol. The van der Waals surface area contributed by atoms with Crippen molar-refractivity contribution in [2.75, 3.05) is 0 Å². The molecule has 2 N–H and O–H groups in total. The predicted octanol–water partition coefficient (Wildman–Crippen LogP) is 6.69. The lowest BCUT2D eigenvalue weighted by Gasteiger charge is -2.28. The molecule has 1 atom stereocenters. The molecule has 10 heteroatoms. The van der Waals surface area contributed by atoms with Gasteiger partial charge in [-0.25, -0.2) is 14.0 Å². The average Bonchev–Trinajstić information content (AvgIpc) is 2.67. The van der Waals surface area contributed by atoms with E-state index in [4.69, 9.17) is 4.74 Å². The van der Waals surface area contributed by atoms with Crippen molar-refractivity contribution in [3.8, 4) is 0 Å². The first kappa shape index (κ1) is 27.5. The highest BCUT2D eigenvalue weighted by atomic mass is 32.2. The van der Waals surface area contributed by atoms with Crippen LogP contribution in [0.2, 0.25) is 0 Å². The van der Waals surface area contributed by atoms with E-state index in [1.807, 2.05) is 0 Å². The number of alkyl halides is 3. The number of nitrogens with one attached hydrogen (secondary N) is 1. The topological polar surface area (TPSA) is 75.6 Å². The maximum Gasteiger partial charge on any atom is 0.416 e. The smallest absolute Gasteiger partial charge is 0.416 e. The minimum absolute atomic E-state index is 0.0295. The van der Waals surface area contributed by atoms with Crippen molar-refractivity contribution in [2.24, 2.45) is 0 Å². The SMILES string of the molecule is CC(C)(C)OC(=O)NC(C)(CCCc1ccc(Sc2cccc(C(F)(F)F)c2)cc1F)C(=O)O. The summed E-state index contributed by atoms with van der Waals surface area (Å²) >= 11 is 1.00. The average molecular weight is 502 g/mol. The number of aliphatic carboxylic acids is 1. The largest absolute Gasteiger partial charge is 0.480 e. The Morgan fingerprint density at radius 3 is 2.24 bits per heavy atom. The second-order valence-electron chi connectivity index (χ2n) is 9.00. The zero-order valence-corrected chi connectivity index (χ0v) is 20.1. The summed E-state index contributed by atoms with van der Waals surface area (Å²) in [4.78, 5) is 24.5. The minimum atomic E-state index is -4.46. The molecule has 0 saturated carbocycles. The molecule has 34 heavy (non-hydrogen) atoms. The van der Waals surface area contributed by atoms with Gasteiger partial charge in [0.1, 0.15) is 17.0 Å². The number of rotatable bonds is 8. The Kier molecular flexibility index (Phi) is 8.63. The molecule has 0 heterocycles. The fourth-order valence-corrected chi connectivity index (χ4v) is 3.95. The van der Waals surface area contributed by atoms with E-state index in [1.165, 1.54) is 31.2 Å². The van der Waals surface area contributed by atoms with E-state index in [2.05, 4.69) is 5.32 Å². The second kappa shape index (κ2) is 10.7. The van der Waals surface area contributed by atoms with E-state index >= 15 is 0 Å². The van der Waals surface area contributed by atoms with E-state index in [9.17, 15) is 32.3 Å². The van der Waals surface area contributed by atoms with E-state index in [1.54, 1.807) is 26.8 Å². The number of carbonyl (C=O) groups excluding carboxylic acids is 1. The van der Waals surface area contributed by atoms with Crippen LogP contribution < -0.4 is 5.32 Å². The van der Waals surface area contributed by atoms with Gasteiger partial charge in [-0.2, -0.15) is 13.2 Å². The summed E-state index contributed by atoms with van der Waals surface area (Å²) in [7, 11) is 0. The van der Waals surface area contributed by atoms with Gasteiger partial charge in [0, 0.05) is 9.79 Å². The number of carboxylic acid groups (broad SMARTS) is 1. The Labute approximate surface area is 199 Å². The van der Waals surface area contributed by atoms with Gasteiger partial charge in [0.25, 0.3) is 0 Å². The van der Waals surface area contributed by atoms with Crippen LogP contribution in [-0.2, 0) is 22.1 Å². The van der Waals surface area contributed by atoms with Crippen LogP contribution in [0.3, 0.4) is 0 Å². The third-order valence-electron chi connectivity index (χ3n) is 4.79. The maximum absolute atomic E-state index is 14.6. The van der Waals surface area contributed by atoms with E-state index in [-0.39, 0.29) is 19.3 Å². The molecule has 2 rings (SSSR count). The van der Waals surface area contributed by atoms with E-state index in [0.717, 1.165) is 23.9 Å². The van der Waals surface area contributed by atoms with Gasteiger partial charge < -0.3 is 15.2 Å². The number of hydrogen-bond donors (Lipinski definition) is 2. The number of carbonyl (C=O) groups is 2. The first-order chi connectivity index (χ1) is 15.6. The van der Waals surface area contributed by atoms with Crippen LogP contribution >= 0.6 is 11.8 Å². The Balaban J connectivity index is 2.01. The summed E-state index contributed by atoms with van der Waals surface area (Å²) in [6.45, 7) is 6.32. The molecule has 0 aliphatic heterocycles. The molecule has 186 valence electrons. The molecule has 1 unspecified atom stereocenters. The molecule has 1 amide bonds. The summed E-state index contributed by atoms with van der Waals surface area (Å²) in [5.41, 5.74) is -2.84. The van der Waals surface area contributed by atoms with Crippen molar-refractivity contribution in [1.82, 2.24) is 5.32 Å². The molecular weight excluding hydrogens is 474 g/mol. The van der Waals surface area contributed by atoms with Gasteiger partial charge in [-0.15, -0.1) is 0 Å². The molecule has 0 aliphatic carbocycles. The van der Waals surface area contributed by atoms with Crippen LogP contribution in [0.4, 0.5) is 22.4 Å². The third-order valence-corrected chi connectivity index (χ3v) is 5.77. The number of amides is 1. The fraction of sp³-hybridized carbons (Fsp3) is 0.417. The normalized spacial score (nSPS) is 13.8.